The van der Waals surface area contributed by atoms with Gasteiger partial charge in [0.15, 0.2) is 0 Å². The number of nitrogens with two attached hydrogens (primary N) is 1. The maximum absolute atomic E-state index is 12.9. The van der Waals surface area contributed by atoms with Crippen LogP contribution in [0.25, 0.3) is 0 Å². The summed E-state index contributed by atoms with van der Waals surface area (Å²) < 4.78 is 18.4. The molecule has 21 heavy (non-hydrogen) atoms. The van der Waals surface area contributed by atoms with E-state index in [0.29, 0.717) is 31.7 Å². The molecule has 4 nitrogen and oxygen atoms in total. The zero-order valence-electron chi connectivity index (χ0n) is 13.0. The van der Waals surface area contributed by atoms with Gasteiger partial charge in [0, 0.05) is 19.6 Å². The number of carbonyl (C=O) groups is 1. The summed E-state index contributed by atoms with van der Waals surface area (Å²) in [6.07, 6.45) is 1.99. The van der Waals surface area contributed by atoms with Crippen molar-refractivity contribution in [3.8, 4) is 0 Å². The summed E-state index contributed by atoms with van der Waals surface area (Å²) >= 11 is 0. The number of nitrogen functional groups attached to an aromatic ring is 1. The van der Waals surface area contributed by atoms with Gasteiger partial charge >= 0.3 is 0 Å². The van der Waals surface area contributed by atoms with E-state index < -0.39 is 5.82 Å². The predicted octanol–water partition coefficient (Wildman–Crippen LogP) is 3.58. The van der Waals surface area contributed by atoms with Crippen molar-refractivity contribution in [3.63, 3.8) is 0 Å². The molecule has 0 saturated carbocycles. The lowest BCUT2D eigenvalue weighted by atomic mass is 9.93. The van der Waals surface area contributed by atoms with Crippen LogP contribution in [0.2, 0.25) is 0 Å². The Hall–Kier alpha value is -1.62. The van der Waals surface area contributed by atoms with Crippen LogP contribution in [0.3, 0.4) is 0 Å². The van der Waals surface area contributed by atoms with Crippen LogP contribution in [-0.4, -0.2) is 19.1 Å². The molecule has 0 fully saturated rings. The molecule has 0 spiro atoms. The molecule has 0 aromatic heterocycles. The topological polar surface area (TPSA) is 64.3 Å². The van der Waals surface area contributed by atoms with Crippen LogP contribution >= 0.6 is 0 Å². The molecule has 1 aromatic carbocycles. The molecular formula is C16H25FN2O2. The number of ether oxygens (including phenoxy) is 1. The lowest BCUT2D eigenvalue weighted by molar-refractivity contribution is -0.116. The van der Waals surface area contributed by atoms with Crippen molar-refractivity contribution in [2.45, 2.75) is 40.0 Å². The van der Waals surface area contributed by atoms with Gasteiger partial charge < -0.3 is 15.8 Å². The van der Waals surface area contributed by atoms with Gasteiger partial charge in [0.2, 0.25) is 5.91 Å². The number of carbonyl (C=O) groups excluding carboxylic acids is 1. The number of hydrogen-bond acceptors (Lipinski definition) is 3. The van der Waals surface area contributed by atoms with E-state index in [1.54, 1.807) is 0 Å². The first-order chi connectivity index (χ1) is 9.78. The summed E-state index contributed by atoms with van der Waals surface area (Å²) in [5, 5.41) is 2.67. The standard InChI is InChI=1S/C16H25FN2O2/c1-16(2,3)8-10-21-9-4-5-15(20)19-14-7-6-12(17)11-13(14)18/h6-7,11H,4-5,8-10,18H2,1-3H3,(H,19,20). The molecule has 0 atom stereocenters. The average molecular weight is 296 g/mol. The number of benzene rings is 1. The van der Waals surface area contributed by atoms with Crippen LogP contribution in [0, 0.1) is 11.2 Å². The van der Waals surface area contributed by atoms with E-state index in [0.717, 1.165) is 6.42 Å². The van der Waals surface area contributed by atoms with E-state index in [1.165, 1.54) is 18.2 Å². The second-order valence-corrected chi connectivity index (χ2v) is 6.31. The molecule has 1 amide bonds. The molecular weight excluding hydrogens is 271 g/mol. The second kappa shape index (κ2) is 7.98. The minimum atomic E-state index is -0.419. The number of hydrogen-bond donors (Lipinski definition) is 2. The maximum atomic E-state index is 12.9. The Kier molecular flexibility index (Phi) is 6.62. The molecule has 0 bridgehead atoms. The average Bonchev–Trinajstić information content (AvgIpc) is 2.36. The van der Waals surface area contributed by atoms with Crippen LogP contribution in [0.5, 0.6) is 0 Å². The van der Waals surface area contributed by atoms with E-state index in [-0.39, 0.29) is 17.0 Å². The Morgan fingerprint density at radius 2 is 2.05 bits per heavy atom. The molecule has 1 rings (SSSR count). The van der Waals surface area contributed by atoms with Crippen LogP contribution in [0.15, 0.2) is 18.2 Å². The SMILES string of the molecule is CC(C)(C)CCOCCCC(=O)Nc1ccc(F)cc1N. The summed E-state index contributed by atoms with van der Waals surface area (Å²) in [7, 11) is 0. The quantitative estimate of drug-likeness (QED) is 0.597. The van der Waals surface area contributed by atoms with Crippen LogP contribution < -0.4 is 11.1 Å². The lowest BCUT2D eigenvalue weighted by Gasteiger charge is -2.17. The van der Waals surface area contributed by atoms with Gasteiger partial charge in [-0.3, -0.25) is 4.79 Å². The van der Waals surface area contributed by atoms with Gasteiger partial charge in [-0.15, -0.1) is 0 Å². The Morgan fingerprint density at radius 3 is 2.67 bits per heavy atom. The minimum absolute atomic E-state index is 0.146. The fourth-order valence-corrected chi connectivity index (χ4v) is 1.68. The van der Waals surface area contributed by atoms with Crippen molar-refractivity contribution in [1.82, 2.24) is 0 Å². The highest BCUT2D eigenvalue weighted by atomic mass is 19.1. The smallest absolute Gasteiger partial charge is 0.224 e. The molecule has 0 aliphatic heterocycles. The third-order valence-corrected chi connectivity index (χ3v) is 2.98. The number of amides is 1. The summed E-state index contributed by atoms with van der Waals surface area (Å²) in [6, 6.07) is 3.91. The first-order valence-electron chi connectivity index (χ1n) is 7.20. The largest absolute Gasteiger partial charge is 0.397 e. The van der Waals surface area contributed by atoms with E-state index >= 15 is 0 Å². The minimum Gasteiger partial charge on any atom is -0.397 e. The Balaban J connectivity index is 2.20. The molecule has 0 aliphatic rings. The maximum Gasteiger partial charge on any atom is 0.224 e. The Morgan fingerprint density at radius 1 is 1.33 bits per heavy atom. The van der Waals surface area contributed by atoms with Gasteiger partial charge in [0.05, 0.1) is 11.4 Å². The van der Waals surface area contributed by atoms with E-state index in [1.807, 2.05) is 0 Å². The molecule has 118 valence electrons. The molecule has 0 unspecified atom stereocenters. The normalized spacial score (nSPS) is 11.4. The Labute approximate surface area is 125 Å². The number of rotatable bonds is 7. The van der Waals surface area contributed by atoms with Gasteiger partial charge in [0.1, 0.15) is 5.82 Å². The van der Waals surface area contributed by atoms with Gasteiger partial charge in [0.25, 0.3) is 0 Å². The third-order valence-electron chi connectivity index (χ3n) is 2.98. The zero-order valence-corrected chi connectivity index (χ0v) is 13.0. The molecule has 0 heterocycles. The van der Waals surface area contributed by atoms with Crippen molar-refractivity contribution >= 4 is 17.3 Å². The van der Waals surface area contributed by atoms with E-state index in [9.17, 15) is 9.18 Å². The summed E-state index contributed by atoms with van der Waals surface area (Å²) in [6.45, 7) is 7.75. The van der Waals surface area contributed by atoms with E-state index in [4.69, 9.17) is 10.5 Å². The summed E-state index contributed by atoms with van der Waals surface area (Å²) in [4.78, 5) is 11.7. The monoisotopic (exact) mass is 296 g/mol. The van der Waals surface area contributed by atoms with Crippen molar-refractivity contribution < 1.29 is 13.9 Å². The van der Waals surface area contributed by atoms with Gasteiger partial charge in [-0.1, -0.05) is 20.8 Å². The number of nitrogens with one attached hydrogen (secondary N) is 1. The van der Waals surface area contributed by atoms with Gasteiger partial charge in [-0.2, -0.15) is 0 Å². The zero-order chi connectivity index (χ0) is 15.9. The lowest BCUT2D eigenvalue weighted by Crippen LogP contribution is -2.14. The fraction of sp³-hybridized carbons (Fsp3) is 0.562. The fourth-order valence-electron chi connectivity index (χ4n) is 1.68. The summed E-state index contributed by atoms with van der Waals surface area (Å²) in [5.41, 5.74) is 6.55. The van der Waals surface area contributed by atoms with Crippen molar-refractivity contribution in [2.75, 3.05) is 24.3 Å². The molecule has 3 N–H and O–H groups in total. The Bertz CT molecular complexity index is 470. The number of halogens is 1. The molecule has 1 aromatic rings. The second-order valence-electron chi connectivity index (χ2n) is 6.31. The molecule has 5 heteroatoms. The summed E-state index contributed by atoms with van der Waals surface area (Å²) in [5.74, 6) is -0.564. The van der Waals surface area contributed by atoms with Crippen LogP contribution in [-0.2, 0) is 9.53 Å². The van der Waals surface area contributed by atoms with Crippen molar-refractivity contribution in [3.05, 3.63) is 24.0 Å². The van der Waals surface area contributed by atoms with Crippen molar-refractivity contribution in [1.29, 1.82) is 0 Å². The molecule has 0 radical (unpaired) electrons. The first kappa shape index (κ1) is 17.4. The molecule has 0 saturated heterocycles. The highest BCUT2D eigenvalue weighted by Gasteiger charge is 2.09. The highest BCUT2D eigenvalue weighted by molar-refractivity contribution is 5.93. The van der Waals surface area contributed by atoms with E-state index in [2.05, 4.69) is 26.1 Å². The predicted molar refractivity (Wildman–Crippen MR) is 83.6 cm³/mol. The first-order valence-corrected chi connectivity index (χ1v) is 7.20. The number of anilines is 2. The van der Waals surface area contributed by atoms with Crippen LogP contribution in [0.4, 0.5) is 15.8 Å². The van der Waals surface area contributed by atoms with Gasteiger partial charge in [-0.05, 0) is 36.5 Å². The van der Waals surface area contributed by atoms with Gasteiger partial charge in [-0.25, -0.2) is 4.39 Å². The molecule has 0 aliphatic carbocycles. The highest BCUT2D eigenvalue weighted by Crippen LogP contribution is 2.19. The van der Waals surface area contributed by atoms with Crippen LogP contribution in [0.1, 0.15) is 40.0 Å². The van der Waals surface area contributed by atoms with Crippen molar-refractivity contribution in [2.24, 2.45) is 5.41 Å². The third kappa shape index (κ3) is 7.66.